The fraction of sp³-hybridized carbons (Fsp3) is 0.222. The van der Waals surface area contributed by atoms with Crippen molar-refractivity contribution in [3.63, 3.8) is 0 Å². The number of nitrogens with one attached hydrogen (secondary N) is 2. The fourth-order valence-corrected chi connectivity index (χ4v) is 1.32. The first-order valence-electron chi connectivity index (χ1n) is 4.47. The summed E-state index contributed by atoms with van der Waals surface area (Å²) in [6.45, 7) is 0.300. The molecule has 5 nitrogen and oxygen atoms in total. The molecule has 0 bridgehead atoms. The van der Waals surface area contributed by atoms with Gasteiger partial charge in [-0.05, 0) is 24.1 Å². The third-order valence-corrected chi connectivity index (χ3v) is 2.15. The third kappa shape index (κ3) is 4.85. The number of carbonyl (C=O) groups is 1. The van der Waals surface area contributed by atoms with Crippen LogP contribution in [0.3, 0.4) is 0 Å². The maximum absolute atomic E-state index is 12.5. The van der Waals surface area contributed by atoms with E-state index in [1.54, 1.807) is 16.9 Å². The van der Waals surface area contributed by atoms with E-state index in [9.17, 15) is 13.4 Å². The van der Waals surface area contributed by atoms with E-state index in [0.29, 0.717) is 13.0 Å². The molecule has 0 fully saturated rings. The minimum atomic E-state index is -2.36. The summed E-state index contributed by atoms with van der Waals surface area (Å²) in [5.41, 5.74) is 0.867. The zero-order valence-electron chi connectivity index (χ0n) is 8.27. The Morgan fingerprint density at radius 2 is 2.00 bits per heavy atom. The Hall–Kier alpha value is -1.47. The van der Waals surface area contributed by atoms with Gasteiger partial charge in [0.05, 0.1) is 0 Å². The molecular weight excluding hydrogens is 235 g/mol. The monoisotopic (exact) mass is 246 g/mol. The van der Waals surface area contributed by atoms with Gasteiger partial charge in [-0.1, -0.05) is 12.1 Å². The first kappa shape index (κ1) is 12.6. The van der Waals surface area contributed by atoms with Crippen LogP contribution in [0.1, 0.15) is 5.56 Å². The lowest BCUT2D eigenvalue weighted by molar-refractivity contribution is 0.246. The number of amides is 2. The van der Waals surface area contributed by atoms with Crippen LogP contribution < -0.4 is 10.0 Å². The van der Waals surface area contributed by atoms with E-state index in [1.165, 1.54) is 12.1 Å². The molecule has 1 unspecified atom stereocenters. The summed E-state index contributed by atoms with van der Waals surface area (Å²) in [5, 5.41) is 2.38. The molecule has 2 amide bonds. The van der Waals surface area contributed by atoms with Crippen LogP contribution in [0.4, 0.5) is 9.18 Å². The largest absolute Gasteiger partial charge is 0.337 e. The van der Waals surface area contributed by atoms with Crippen molar-refractivity contribution in [2.24, 2.45) is 0 Å². The smallest absolute Gasteiger partial charge is 0.328 e. The van der Waals surface area contributed by atoms with Crippen LogP contribution >= 0.6 is 0 Å². The molecule has 0 aliphatic rings. The molecule has 0 saturated carbocycles. The predicted octanol–water partition coefficient (Wildman–Crippen LogP) is 0.804. The molecule has 1 atom stereocenters. The first-order chi connectivity index (χ1) is 7.58. The van der Waals surface area contributed by atoms with E-state index in [4.69, 9.17) is 4.55 Å². The number of carbonyl (C=O) groups excluding carboxylic acids is 1. The van der Waals surface area contributed by atoms with Crippen molar-refractivity contribution in [1.29, 1.82) is 0 Å². The van der Waals surface area contributed by atoms with Gasteiger partial charge in [-0.15, -0.1) is 0 Å². The highest BCUT2D eigenvalue weighted by molar-refractivity contribution is 7.77. The van der Waals surface area contributed by atoms with E-state index < -0.39 is 17.3 Å². The predicted molar refractivity (Wildman–Crippen MR) is 57.4 cm³/mol. The Bertz CT molecular complexity index is 383. The summed E-state index contributed by atoms with van der Waals surface area (Å²) in [6, 6.07) is 5.16. The van der Waals surface area contributed by atoms with Gasteiger partial charge in [0.15, 0.2) is 0 Å². The van der Waals surface area contributed by atoms with Crippen LogP contribution in [0.15, 0.2) is 24.3 Å². The van der Waals surface area contributed by atoms with Crippen molar-refractivity contribution in [2.75, 3.05) is 6.54 Å². The maximum atomic E-state index is 12.5. The second-order valence-electron chi connectivity index (χ2n) is 2.98. The van der Waals surface area contributed by atoms with Gasteiger partial charge in [-0.25, -0.2) is 18.1 Å². The van der Waals surface area contributed by atoms with Crippen molar-refractivity contribution in [3.8, 4) is 0 Å². The Balaban J connectivity index is 2.28. The molecule has 0 spiro atoms. The fourth-order valence-electron chi connectivity index (χ4n) is 1.09. The minimum Gasteiger partial charge on any atom is -0.337 e. The SMILES string of the molecule is O=C(NCCc1ccc(F)cc1)NS(=O)O. The second kappa shape index (κ2) is 6.19. The zero-order chi connectivity index (χ0) is 12.0. The standard InChI is InChI=1S/C9H11FN2O3S/c10-8-3-1-7(2-4-8)5-6-11-9(13)12-16(14)15/h1-4H,5-6H2,(H,14,15)(H2,11,12,13). The van der Waals surface area contributed by atoms with Crippen LogP contribution in [0.2, 0.25) is 0 Å². The summed E-state index contributed by atoms with van der Waals surface area (Å²) in [6.07, 6.45) is 0.520. The molecule has 3 N–H and O–H groups in total. The molecule has 16 heavy (non-hydrogen) atoms. The summed E-state index contributed by atoms with van der Waals surface area (Å²) in [4.78, 5) is 10.9. The van der Waals surface area contributed by atoms with E-state index in [2.05, 4.69) is 5.32 Å². The van der Waals surface area contributed by atoms with Crippen molar-refractivity contribution in [2.45, 2.75) is 6.42 Å². The summed E-state index contributed by atoms with van der Waals surface area (Å²) >= 11 is -2.36. The Morgan fingerprint density at radius 3 is 2.56 bits per heavy atom. The molecule has 0 radical (unpaired) electrons. The summed E-state index contributed by atoms with van der Waals surface area (Å²) < 4.78 is 32.8. The second-order valence-corrected chi connectivity index (χ2v) is 3.69. The van der Waals surface area contributed by atoms with Gasteiger partial charge in [0.1, 0.15) is 5.82 Å². The van der Waals surface area contributed by atoms with Crippen LogP contribution in [-0.4, -0.2) is 21.3 Å². The van der Waals surface area contributed by atoms with E-state index in [-0.39, 0.29) is 5.82 Å². The number of rotatable bonds is 4. The van der Waals surface area contributed by atoms with E-state index >= 15 is 0 Å². The molecule has 0 aliphatic heterocycles. The van der Waals surface area contributed by atoms with Gasteiger partial charge in [-0.2, -0.15) is 0 Å². The topological polar surface area (TPSA) is 78.4 Å². The van der Waals surface area contributed by atoms with Crippen molar-refractivity contribution < 1.29 is 17.9 Å². The Labute approximate surface area is 94.5 Å². The number of halogens is 1. The van der Waals surface area contributed by atoms with Gasteiger partial charge < -0.3 is 5.32 Å². The van der Waals surface area contributed by atoms with Gasteiger partial charge in [-0.3, -0.25) is 4.55 Å². The number of hydrogen-bond acceptors (Lipinski definition) is 2. The zero-order valence-corrected chi connectivity index (χ0v) is 9.09. The van der Waals surface area contributed by atoms with Crippen molar-refractivity contribution in [3.05, 3.63) is 35.6 Å². The van der Waals surface area contributed by atoms with Gasteiger partial charge in [0, 0.05) is 6.54 Å². The quantitative estimate of drug-likeness (QED) is 0.688. The third-order valence-electron chi connectivity index (χ3n) is 1.79. The highest BCUT2D eigenvalue weighted by atomic mass is 32.2. The van der Waals surface area contributed by atoms with Gasteiger partial charge in [0.25, 0.3) is 11.3 Å². The Morgan fingerprint density at radius 1 is 1.38 bits per heavy atom. The van der Waals surface area contributed by atoms with E-state index in [0.717, 1.165) is 5.56 Å². The average molecular weight is 246 g/mol. The normalized spacial score (nSPS) is 11.9. The highest BCUT2D eigenvalue weighted by Gasteiger charge is 2.02. The Kier molecular flexibility index (Phi) is 4.87. The minimum absolute atomic E-state index is 0.300. The van der Waals surface area contributed by atoms with Crippen LogP contribution in [-0.2, 0) is 17.7 Å². The average Bonchev–Trinajstić information content (AvgIpc) is 2.20. The molecule has 1 aromatic rings. The van der Waals surface area contributed by atoms with Crippen LogP contribution in [0.5, 0.6) is 0 Å². The van der Waals surface area contributed by atoms with Crippen LogP contribution in [0.25, 0.3) is 0 Å². The first-order valence-corrected chi connectivity index (χ1v) is 5.58. The molecule has 7 heteroatoms. The molecule has 0 aliphatic carbocycles. The maximum Gasteiger partial charge on any atom is 0.328 e. The van der Waals surface area contributed by atoms with Gasteiger partial charge >= 0.3 is 6.03 Å². The highest BCUT2D eigenvalue weighted by Crippen LogP contribution is 2.02. The molecule has 0 saturated heterocycles. The summed E-state index contributed by atoms with van der Waals surface area (Å²) in [5.74, 6) is -0.315. The molecule has 0 aromatic heterocycles. The number of benzene rings is 1. The lowest BCUT2D eigenvalue weighted by atomic mass is 10.1. The number of hydrogen-bond donors (Lipinski definition) is 3. The van der Waals surface area contributed by atoms with Gasteiger partial charge in [0.2, 0.25) is 0 Å². The summed E-state index contributed by atoms with van der Waals surface area (Å²) in [7, 11) is 0. The lowest BCUT2D eigenvalue weighted by Crippen LogP contribution is -2.37. The molecule has 1 rings (SSSR count). The van der Waals surface area contributed by atoms with Crippen LogP contribution in [0, 0.1) is 5.82 Å². The van der Waals surface area contributed by atoms with Crippen molar-refractivity contribution in [1.82, 2.24) is 10.0 Å². The molecular formula is C9H11FN2O3S. The van der Waals surface area contributed by atoms with E-state index in [1.807, 2.05) is 0 Å². The van der Waals surface area contributed by atoms with Crippen molar-refractivity contribution >= 4 is 17.3 Å². The molecule has 0 heterocycles. The number of urea groups is 1. The molecule has 1 aromatic carbocycles. The molecule has 88 valence electrons. The lowest BCUT2D eigenvalue weighted by Gasteiger charge is -2.04.